The fourth-order valence-electron chi connectivity index (χ4n) is 2.79. The van der Waals surface area contributed by atoms with Crippen molar-refractivity contribution in [2.45, 2.75) is 25.4 Å². The van der Waals surface area contributed by atoms with E-state index in [1.54, 1.807) is 7.11 Å². The lowest BCUT2D eigenvalue weighted by atomic mass is 9.91. The van der Waals surface area contributed by atoms with Crippen molar-refractivity contribution in [3.05, 3.63) is 65.0 Å². The summed E-state index contributed by atoms with van der Waals surface area (Å²) < 4.78 is 19.2. The van der Waals surface area contributed by atoms with Gasteiger partial charge in [0.1, 0.15) is 11.6 Å². The van der Waals surface area contributed by atoms with Crippen LogP contribution in [0.25, 0.3) is 0 Å². The molecule has 0 aliphatic carbocycles. The van der Waals surface area contributed by atoms with Crippen LogP contribution in [0.4, 0.5) is 4.39 Å². The van der Waals surface area contributed by atoms with Crippen molar-refractivity contribution in [1.29, 1.82) is 0 Å². The van der Waals surface area contributed by atoms with Crippen LogP contribution in [0.1, 0.15) is 16.7 Å². The zero-order valence-corrected chi connectivity index (χ0v) is 11.5. The molecule has 1 aliphatic heterocycles. The van der Waals surface area contributed by atoms with Gasteiger partial charge < -0.3 is 10.1 Å². The minimum absolute atomic E-state index is 0.154. The molecule has 20 heavy (non-hydrogen) atoms. The van der Waals surface area contributed by atoms with Gasteiger partial charge in [-0.25, -0.2) is 4.39 Å². The highest BCUT2D eigenvalue weighted by Gasteiger charge is 2.22. The largest absolute Gasteiger partial charge is 0.497 e. The van der Waals surface area contributed by atoms with E-state index in [2.05, 4.69) is 17.4 Å². The molecule has 3 rings (SSSR count). The number of methoxy groups -OCH3 is 1. The summed E-state index contributed by atoms with van der Waals surface area (Å²) in [6, 6.07) is 14.0. The average Bonchev–Trinajstić information content (AvgIpc) is 2.48. The summed E-state index contributed by atoms with van der Waals surface area (Å²) >= 11 is 0. The van der Waals surface area contributed by atoms with Gasteiger partial charge in [-0.05, 0) is 35.6 Å². The van der Waals surface area contributed by atoms with Crippen LogP contribution >= 0.6 is 0 Å². The minimum atomic E-state index is -0.154. The molecule has 2 aromatic rings. The van der Waals surface area contributed by atoms with Gasteiger partial charge in [0.2, 0.25) is 0 Å². The number of fused-ring (bicyclic) bond motifs is 1. The molecule has 1 atom stereocenters. The smallest absolute Gasteiger partial charge is 0.130 e. The zero-order chi connectivity index (χ0) is 13.9. The molecule has 0 spiro atoms. The second-order valence-corrected chi connectivity index (χ2v) is 5.22. The summed E-state index contributed by atoms with van der Waals surface area (Å²) in [6.07, 6.45) is 1.64. The van der Waals surface area contributed by atoms with E-state index in [1.165, 1.54) is 11.6 Å². The molecule has 0 aromatic heterocycles. The Morgan fingerprint density at radius 2 is 2.05 bits per heavy atom. The Hall–Kier alpha value is -1.87. The molecule has 0 radical (unpaired) electrons. The van der Waals surface area contributed by atoms with Crippen molar-refractivity contribution in [1.82, 2.24) is 5.32 Å². The third-order valence-electron chi connectivity index (χ3n) is 3.85. The van der Waals surface area contributed by atoms with E-state index in [9.17, 15) is 4.39 Å². The predicted molar refractivity (Wildman–Crippen MR) is 77.4 cm³/mol. The summed E-state index contributed by atoms with van der Waals surface area (Å²) in [6.45, 7) is 0.695. The van der Waals surface area contributed by atoms with E-state index < -0.39 is 0 Å². The Bertz CT molecular complexity index is 597. The number of rotatable bonds is 3. The molecule has 0 saturated heterocycles. The van der Waals surface area contributed by atoms with Crippen molar-refractivity contribution < 1.29 is 9.13 Å². The zero-order valence-electron chi connectivity index (χ0n) is 11.5. The fourth-order valence-corrected chi connectivity index (χ4v) is 2.79. The number of nitrogens with one attached hydrogen (secondary N) is 1. The number of benzene rings is 2. The molecule has 0 saturated carbocycles. The number of ether oxygens (including phenoxy) is 1. The van der Waals surface area contributed by atoms with Crippen LogP contribution in [-0.2, 0) is 19.4 Å². The van der Waals surface area contributed by atoms with Crippen LogP contribution in [-0.4, -0.2) is 13.2 Å². The van der Waals surface area contributed by atoms with Crippen molar-refractivity contribution in [2.24, 2.45) is 0 Å². The first-order valence-corrected chi connectivity index (χ1v) is 6.89. The first kappa shape index (κ1) is 13.1. The lowest BCUT2D eigenvalue weighted by molar-refractivity contribution is 0.404. The summed E-state index contributed by atoms with van der Waals surface area (Å²) in [5, 5.41) is 3.48. The topological polar surface area (TPSA) is 21.3 Å². The highest BCUT2D eigenvalue weighted by molar-refractivity contribution is 5.39. The third-order valence-corrected chi connectivity index (χ3v) is 3.85. The number of hydrogen-bond acceptors (Lipinski definition) is 2. The lowest BCUT2D eigenvalue weighted by Gasteiger charge is -2.27. The highest BCUT2D eigenvalue weighted by atomic mass is 19.1. The standard InChI is InChI=1S/C17H18FNO/c1-20-15-8-13-11-19-14(9-16(13)17(18)10-15)7-12-5-3-2-4-6-12/h2-6,8,10,14,19H,7,9,11H2,1H3. The van der Waals surface area contributed by atoms with Gasteiger partial charge in [-0.1, -0.05) is 30.3 Å². The second-order valence-electron chi connectivity index (χ2n) is 5.22. The van der Waals surface area contributed by atoms with Gasteiger partial charge in [0.25, 0.3) is 0 Å². The summed E-state index contributed by atoms with van der Waals surface area (Å²) in [4.78, 5) is 0. The van der Waals surface area contributed by atoms with Crippen molar-refractivity contribution in [2.75, 3.05) is 7.11 Å². The Labute approximate surface area is 118 Å². The molecular weight excluding hydrogens is 253 g/mol. The Balaban J connectivity index is 1.78. The van der Waals surface area contributed by atoms with Crippen LogP contribution in [0.2, 0.25) is 0 Å². The second kappa shape index (κ2) is 5.63. The quantitative estimate of drug-likeness (QED) is 0.926. The summed E-state index contributed by atoms with van der Waals surface area (Å²) in [5.74, 6) is 0.434. The third kappa shape index (κ3) is 2.68. The first-order chi connectivity index (χ1) is 9.76. The SMILES string of the molecule is COc1cc(F)c2c(c1)CNC(Cc1ccccc1)C2. The molecule has 1 aliphatic rings. The van der Waals surface area contributed by atoms with Crippen LogP contribution < -0.4 is 10.1 Å². The van der Waals surface area contributed by atoms with E-state index in [4.69, 9.17) is 4.74 Å². The van der Waals surface area contributed by atoms with E-state index in [0.717, 1.165) is 24.0 Å². The Morgan fingerprint density at radius 3 is 2.80 bits per heavy atom. The Morgan fingerprint density at radius 1 is 1.25 bits per heavy atom. The van der Waals surface area contributed by atoms with Crippen molar-refractivity contribution in [3.63, 3.8) is 0 Å². The van der Waals surface area contributed by atoms with Crippen LogP contribution in [0.5, 0.6) is 5.75 Å². The van der Waals surface area contributed by atoms with Crippen LogP contribution in [0, 0.1) is 5.82 Å². The molecule has 1 unspecified atom stereocenters. The molecule has 0 fully saturated rings. The molecule has 104 valence electrons. The fraction of sp³-hybridized carbons (Fsp3) is 0.294. The molecule has 2 aromatic carbocycles. The van der Waals surface area contributed by atoms with Crippen molar-refractivity contribution in [3.8, 4) is 5.75 Å². The maximum atomic E-state index is 14.1. The van der Waals surface area contributed by atoms with Gasteiger partial charge in [-0.2, -0.15) is 0 Å². The molecule has 2 nitrogen and oxygen atoms in total. The van der Waals surface area contributed by atoms with Gasteiger partial charge in [0, 0.05) is 18.7 Å². The molecule has 0 bridgehead atoms. The molecule has 1 heterocycles. The monoisotopic (exact) mass is 271 g/mol. The molecule has 3 heteroatoms. The summed E-state index contributed by atoms with van der Waals surface area (Å²) in [7, 11) is 1.57. The van der Waals surface area contributed by atoms with Crippen LogP contribution in [0.3, 0.4) is 0 Å². The number of hydrogen-bond donors (Lipinski definition) is 1. The van der Waals surface area contributed by atoms with E-state index >= 15 is 0 Å². The summed E-state index contributed by atoms with van der Waals surface area (Å²) in [5.41, 5.74) is 3.11. The Kier molecular flexibility index (Phi) is 3.70. The van der Waals surface area contributed by atoms with Crippen LogP contribution in [0.15, 0.2) is 42.5 Å². The van der Waals surface area contributed by atoms with Gasteiger partial charge in [-0.3, -0.25) is 0 Å². The van der Waals surface area contributed by atoms with E-state index in [0.29, 0.717) is 12.3 Å². The number of halogens is 1. The molecule has 0 amide bonds. The minimum Gasteiger partial charge on any atom is -0.497 e. The highest BCUT2D eigenvalue weighted by Crippen LogP contribution is 2.26. The van der Waals surface area contributed by atoms with Gasteiger partial charge >= 0.3 is 0 Å². The first-order valence-electron chi connectivity index (χ1n) is 6.89. The molecular formula is C17H18FNO. The van der Waals surface area contributed by atoms with Gasteiger partial charge in [0.05, 0.1) is 7.11 Å². The van der Waals surface area contributed by atoms with Gasteiger partial charge in [-0.15, -0.1) is 0 Å². The maximum Gasteiger partial charge on any atom is 0.130 e. The maximum absolute atomic E-state index is 14.1. The van der Waals surface area contributed by atoms with E-state index in [1.807, 2.05) is 24.3 Å². The predicted octanol–water partition coefficient (Wildman–Crippen LogP) is 3.09. The van der Waals surface area contributed by atoms with E-state index in [-0.39, 0.29) is 11.9 Å². The normalized spacial score (nSPS) is 17.6. The average molecular weight is 271 g/mol. The lowest BCUT2D eigenvalue weighted by Crippen LogP contribution is -2.37. The van der Waals surface area contributed by atoms with Gasteiger partial charge in [0.15, 0.2) is 0 Å². The van der Waals surface area contributed by atoms with Crippen molar-refractivity contribution >= 4 is 0 Å². The molecule has 1 N–H and O–H groups in total.